The van der Waals surface area contributed by atoms with E-state index in [1.807, 2.05) is 18.2 Å². The van der Waals surface area contributed by atoms with Gasteiger partial charge in [0.25, 0.3) is 0 Å². The number of anilines is 1. The van der Waals surface area contributed by atoms with Crippen molar-refractivity contribution < 1.29 is 13.2 Å². The van der Waals surface area contributed by atoms with E-state index >= 15 is 0 Å². The molecule has 6 heteroatoms. The molecule has 1 aliphatic rings. The molecular weight excluding hydrogens is 298 g/mol. The fraction of sp³-hybridized carbons (Fsp3) is 0.571. The van der Waals surface area contributed by atoms with Gasteiger partial charge in [-0.25, -0.2) is 8.42 Å². The van der Waals surface area contributed by atoms with Crippen LogP contribution in [0.3, 0.4) is 0 Å². The average molecular weight is 318 g/mol. The maximum absolute atomic E-state index is 12.1. The van der Waals surface area contributed by atoms with Gasteiger partial charge in [-0.05, 0) is 43.4 Å². The predicted octanol–water partition coefficient (Wildman–Crippen LogP) is 2.78. The van der Waals surface area contributed by atoms with E-state index in [0.29, 0.717) is 18.2 Å². The minimum Gasteiger partial charge on any atom is -0.377 e. The molecule has 1 saturated heterocycles. The molecule has 1 aromatic rings. The second-order valence-corrected chi connectivity index (χ2v) is 7.16. The quantitative estimate of drug-likeness (QED) is 0.787. The molecule has 1 fully saturated rings. The maximum Gasteiger partial charge on any atom is 0.235 e. The molecular formula is C14H20ClNO3S. The molecule has 4 nitrogen and oxygen atoms in total. The highest BCUT2D eigenvalue weighted by Gasteiger charge is 2.23. The van der Waals surface area contributed by atoms with E-state index in [2.05, 4.69) is 4.72 Å². The molecule has 1 atom stereocenters. The van der Waals surface area contributed by atoms with Gasteiger partial charge in [0.2, 0.25) is 10.0 Å². The Morgan fingerprint density at radius 3 is 2.95 bits per heavy atom. The van der Waals surface area contributed by atoms with Gasteiger partial charge < -0.3 is 4.74 Å². The lowest BCUT2D eigenvalue weighted by molar-refractivity contribution is 0.127. The molecule has 0 aliphatic carbocycles. The molecule has 1 unspecified atom stereocenters. The first-order chi connectivity index (χ1) is 9.59. The smallest absolute Gasteiger partial charge is 0.235 e. The van der Waals surface area contributed by atoms with Gasteiger partial charge in [-0.1, -0.05) is 12.1 Å². The minimum absolute atomic E-state index is 0.0267. The van der Waals surface area contributed by atoms with Gasteiger partial charge in [-0.15, -0.1) is 11.6 Å². The van der Waals surface area contributed by atoms with E-state index in [4.69, 9.17) is 16.3 Å². The first-order valence-corrected chi connectivity index (χ1v) is 9.05. The molecule has 2 rings (SSSR count). The Hall–Kier alpha value is -0.780. The van der Waals surface area contributed by atoms with Gasteiger partial charge in [0.15, 0.2) is 0 Å². The summed E-state index contributed by atoms with van der Waals surface area (Å²) in [6.45, 7) is 0.661. The van der Waals surface area contributed by atoms with Crippen molar-refractivity contribution in [3.05, 3.63) is 29.8 Å². The average Bonchev–Trinajstić information content (AvgIpc) is 2.88. The van der Waals surface area contributed by atoms with Crippen molar-refractivity contribution in [3.8, 4) is 0 Å². The normalized spacial score (nSPS) is 19.1. The van der Waals surface area contributed by atoms with Gasteiger partial charge in [-0.3, -0.25) is 4.72 Å². The lowest BCUT2D eigenvalue weighted by Crippen LogP contribution is -2.25. The molecule has 0 amide bonds. The van der Waals surface area contributed by atoms with Gasteiger partial charge >= 0.3 is 0 Å². The Bertz CT molecular complexity index is 527. The van der Waals surface area contributed by atoms with Crippen LogP contribution >= 0.6 is 11.6 Å². The fourth-order valence-corrected chi connectivity index (χ4v) is 3.76. The van der Waals surface area contributed by atoms with Crippen molar-refractivity contribution >= 4 is 27.3 Å². The molecule has 1 N–H and O–H groups in total. The largest absolute Gasteiger partial charge is 0.377 e. The van der Waals surface area contributed by atoms with Gasteiger partial charge in [0.05, 0.1) is 11.9 Å². The summed E-state index contributed by atoms with van der Waals surface area (Å²) in [6, 6.07) is 7.45. The molecule has 1 aliphatic heterocycles. The number of nitrogens with one attached hydrogen (secondary N) is 1. The number of aryl methyl sites for hydroxylation is 1. The SMILES string of the molecule is O=S(=O)(CC1CCCO1)Nc1cccc(CCCCl)c1. The molecule has 20 heavy (non-hydrogen) atoms. The number of sulfonamides is 1. The van der Waals surface area contributed by atoms with Crippen LogP contribution in [-0.4, -0.2) is 32.8 Å². The molecule has 0 aromatic heterocycles. The topological polar surface area (TPSA) is 55.4 Å². The summed E-state index contributed by atoms with van der Waals surface area (Å²) in [6.07, 6.45) is 3.32. The van der Waals surface area contributed by atoms with E-state index in [1.165, 1.54) is 0 Å². The highest BCUT2D eigenvalue weighted by molar-refractivity contribution is 7.92. The number of alkyl halides is 1. The third-order valence-corrected chi connectivity index (χ3v) is 4.85. The number of benzene rings is 1. The highest BCUT2D eigenvalue weighted by atomic mass is 35.5. The van der Waals surface area contributed by atoms with E-state index in [0.717, 1.165) is 31.2 Å². The number of rotatable bonds is 7. The summed E-state index contributed by atoms with van der Waals surface area (Å²) in [5.41, 5.74) is 1.69. The van der Waals surface area contributed by atoms with Crippen LogP contribution in [0.2, 0.25) is 0 Å². The fourth-order valence-electron chi connectivity index (χ4n) is 2.30. The van der Waals surface area contributed by atoms with Crippen LogP contribution < -0.4 is 4.72 Å². The summed E-state index contributed by atoms with van der Waals surface area (Å²) >= 11 is 5.67. The van der Waals surface area contributed by atoms with Crippen molar-refractivity contribution in [3.63, 3.8) is 0 Å². The molecule has 0 spiro atoms. The van der Waals surface area contributed by atoms with E-state index in [1.54, 1.807) is 6.07 Å². The zero-order valence-corrected chi connectivity index (χ0v) is 12.9. The molecule has 1 heterocycles. The van der Waals surface area contributed by atoms with Crippen molar-refractivity contribution in [1.29, 1.82) is 0 Å². The standard InChI is InChI=1S/C14H20ClNO3S/c15-8-2-5-12-4-1-6-13(10-12)16-20(17,18)11-14-7-3-9-19-14/h1,4,6,10,14,16H,2-3,5,7-9,11H2. The van der Waals surface area contributed by atoms with Crippen LogP contribution in [0.1, 0.15) is 24.8 Å². The molecule has 0 saturated carbocycles. The summed E-state index contributed by atoms with van der Waals surface area (Å²) in [5, 5.41) is 0. The summed E-state index contributed by atoms with van der Waals surface area (Å²) in [5.74, 6) is 0.633. The van der Waals surface area contributed by atoms with E-state index in [-0.39, 0.29) is 11.9 Å². The first-order valence-electron chi connectivity index (χ1n) is 6.86. The maximum atomic E-state index is 12.1. The Labute approximate surface area is 125 Å². The van der Waals surface area contributed by atoms with Crippen molar-refractivity contribution in [2.75, 3.05) is 23.0 Å². The van der Waals surface area contributed by atoms with E-state index < -0.39 is 10.0 Å². The van der Waals surface area contributed by atoms with Gasteiger partial charge in [0.1, 0.15) is 0 Å². The minimum atomic E-state index is -3.36. The van der Waals surface area contributed by atoms with Crippen molar-refractivity contribution in [2.45, 2.75) is 31.8 Å². The summed E-state index contributed by atoms with van der Waals surface area (Å²) < 4.78 is 32.1. The zero-order chi connectivity index (χ0) is 14.4. The highest BCUT2D eigenvalue weighted by Crippen LogP contribution is 2.17. The van der Waals surface area contributed by atoms with Gasteiger partial charge in [0, 0.05) is 18.2 Å². The number of hydrogen-bond acceptors (Lipinski definition) is 3. The second kappa shape index (κ2) is 7.29. The van der Waals surface area contributed by atoms with Crippen molar-refractivity contribution in [2.24, 2.45) is 0 Å². The van der Waals surface area contributed by atoms with Crippen LogP contribution in [0, 0.1) is 0 Å². The zero-order valence-electron chi connectivity index (χ0n) is 11.3. The van der Waals surface area contributed by atoms with Crippen LogP contribution in [0.5, 0.6) is 0 Å². The predicted molar refractivity (Wildman–Crippen MR) is 81.9 cm³/mol. The number of hydrogen-bond donors (Lipinski definition) is 1. The summed E-state index contributed by atoms with van der Waals surface area (Å²) in [7, 11) is -3.36. The third-order valence-electron chi connectivity index (χ3n) is 3.23. The molecule has 112 valence electrons. The monoisotopic (exact) mass is 317 g/mol. The number of halogens is 1. The van der Waals surface area contributed by atoms with Crippen LogP contribution in [0.4, 0.5) is 5.69 Å². The lowest BCUT2D eigenvalue weighted by atomic mass is 10.1. The molecule has 0 radical (unpaired) electrons. The first kappa shape index (κ1) is 15.6. The molecule has 1 aromatic carbocycles. The Kier molecular flexibility index (Phi) is 5.69. The Balaban J connectivity index is 1.97. The van der Waals surface area contributed by atoms with Crippen molar-refractivity contribution in [1.82, 2.24) is 0 Å². The number of ether oxygens (including phenoxy) is 1. The lowest BCUT2D eigenvalue weighted by Gasteiger charge is -2.12. The summed E-state index contributed by atoms with van der Waals surface area (Å²) in [4.78, 5) is 0. The van der Waals surface area contributed by atoms with Crippen LogP contribution in [0.25, 0.3) is 0 Å². The van der Waals surface area contributed by atoms with E-state index in [9.17, 15) is 8.42 Å². The molecule has 0 bridgehead atoms. The van der Waals surface area contributed by atoms with Gasteiger partial charge in [-0.2, -0.15) is 0 Å². The Morgan fingerprint density at radius 1 is 1.40 bits per heavy atom. The second-order valence-electron chi connectivity index (χ2n) is 5.01. The third kappa shape index (κ3) is 4.96. The van der Waals surface area contributed by atoms with Crippen LogP contribution in [0.15, 0.2) is 24.3 Å². The Morgan fingerprint density at radius 2 is 2.25 bits per heavy atom. The van der Waals surface area contributed by atoms with Crippen LogP contribution in [-0.2, 0) is 21.2 Å².